The maximum absolute atomic E-state index is 6.20. The third-order valence-corrected chi connectivity index (χ3v) is 3.93. The molecular formula is C16H17ClN4. The first-order chi connectivity index (χ1) is 10.1. The Morgan fingerprint density at radius 3 is 2.76 bits per heavy atom. The van der Waals surface area contributed by atoms with E-state index >= 15 is 0 Å². The van der Waals surface area contributed by atoms with Gasteiger partial charge in [-0.3, -0.25) is 0 Å². The molecule has 1 N–H and O–H groups in total. The van der Waals surface area contributed by atoms with Gasteiger partial charge in [-0.1, -0.05) is 23.7 Å². The van der Waals surface area contributed by atoms with Crippen LogP contribution in [0.2, 0.25) is 5.02 Å². The summed E-state index contributed by atoms with van der Waals surface area (Å²) in [6, 6.07) is 9.80. The quantitative estimate of drug-likeness (QED) is 0.789. The molecule has 0 aliphatic heterocycles. The lowest BCUT2D eigenvalue weighted by Gasteiger charge is -2.18. The zero-order valence-electron chi connectivity index (χ0n) is 12.3. The van der Waals surface area contributed by atoms with Crippen molar-refractivity contribution in [2.75, 3.05) is 5.32 Å². The molecule has 0 bridgehead atoms. The molecule has 0 fully saturated rings. The molecule has 5 heteroatoms. The van der Waals surface area contributed by atoms with E-state index in [0.717, 1.165) is 28.3 Å². The Morgan fingerprint density at radius 1 is 1.24 bits per heavy atom. The summed E-state index contributed by atoms with van der Waals surface area (Å²) in [6.07, 6.45) is 1.90. The van der Waals surface area contributed by atoms with E-state index in [4.69, 9.17) is 11.6 Å². The van der Waals surface area contributed by atoms with Gasteiger partial charge >= 0.3 is 0 Å². The van der Waals surface area contributed by atoms with Crippen LogP contribution in [0.4, 0.5) is 5.69 Å². The average Bonchev–Trinajstić information content (AvgIpc) is 2.83. The summed E-state index contributed by atoms with van der Waals surface area (Å²) in [6.45, 7) is 6.12. The van der Waals surface area contributed by atoms with Crippen LogP contribution in [0, 0.1) is 13.8 Å². The first-order valence-corrected chi connectivity index (χ1v) is 7.27. The summed E-state index contributed by atoms with van der Waals surface area (Å²) >= 11 is 6.20. The minimum atomic E-state index is 0.0892. The zero-order chi connectivity index (χ0) is 15.0. The molecule has 0 radical (unpaired) electrons. The average molecular weight is 301 g/mol. The van der Waals surface area contributed by atoms with Crippen molar-refractivity contribution in [3.05, 3.63) is 58.5 Å². The molecule has 2 aromatic heterocycles. The highest BCUT2D eigenvalue weighted by Gasteiger charge is 2.13. The van der Waals surface area contributed by atoms with Crippen LogP contribution in [0.3, 0.4) is 0 Å². The number of hydrogen-bond acceptors (Lipinski definition) is 3. The van der Waals surface area contributed by atoms with E-state index < -0.39 is 0 Å². The lowest BCUT2D eigenvalue weighted by Crippen LogP contribution is -2.12. The Labute approximate surface area is 128 Å². The topological polar surface area (TPSA) is 42.2 Å². The number of halogens is 1. The van der Waals surface area contributed by atoms with Crippen molar-refractivity contribution in [1.29, 1.82) is 0 Å². The second kappa shape index (κ2) is 5.37. The molecule has 3 aromatic rings. The maximum atomic E-state index is 6.20. The molecule has 1 unspecified atom stereocenters. The monoisotopic (exact) mass is 300 g/mol. The highest BCUT2D eigenvalue weighted by atomic mass is 35.5. The zero-order valence-corrected chi connectivity index (χ0v) is 13.0. The number of rotatable bonds is 3. The van der Waals surface area contributed by atoms with Crippen molar-refractivity contribution in [2.45, 2.75) is 26.8 Å². The number of para-hydroxylation sites is 1. The van der Waals surface area contributed by atoms with Crippen LogP contribution in [0.5, 0.6) is 0 Å². The van der Waals surface area contributed by atoms with Gasteiger partial charge in [-0.05, 0) is 32.9 Å². The van der Waals surface area contributed by atoms with Gasteiger partial charge in [0.2, 0.25) is 0 Å². The van der Waals surface area contributed by atoms with Crippen LogP contribution in [0.1, 0.15) is 29.9 Å². The second-order valence-electron chi connectivity index (χ2n) is 5.20. The summed E-state index contributed by atoms with van der Waals surface area (Å²) in [5, 5.41) is 8.62. The minimum absolute atomic E-state index is 0.0892. The van der Waals surface area contributed by atoms with Gasteiger partial charge in [0.25, 0.3) is 0 Å². The molecule has 2 heterocycles. The van der Waals surface area contributed by atoms with Gasteiger partial charge in [0, 0.05) is 23.5 Å². The fourth-order valence-electron chi connectivity index (χ4n) is 2.49. The highest BCUT2D eigenvalue weighted by Crippen LogP contribution is 2.27. The Bertz CT molecular complexity index is 794. The smallest absolute Gasteiger partial charge is 0.155 e. The van der Waals surface area contributed by atoms with Gasteiger partial charge in [-0.25, -0.2) is 9.50 Å². The van der Waals surface area contributed by atoms with Crippen LogP contribution in [0.15, 0.2) is 36.5 Å². The van der Waals surface area contributed by atoms with Crippen LogP contribution in [-0.4, -0.2) is 14.6 Å². The van der Waals surface area contributed by atoms with Gasteiger partial charge in [0.05, 0.1) is 22.4 Å². The van der Waals surface area contributed by atoms with Crippen molar-refractivity contribution in [3.63, 3.8) is 0 Å². The summed E-state index contributed by atoms with van der Waals surface area (Å²) in [5.41, 5.74) is 4.95. The van der Waals surface area contributed by atoms with E-state index in [1.807, 2.05) is 48.0 Å². The first-order valence-electron chi connectivity index (χ1n) is 6.89. The number of hydrogen-bond donors (Lipinski definition) is 1. The molecule has 0 aliphatic carbocycles. The molecule has 4 nitrogen and oxygen atoms in total. The van der Waals surface area contributed by atoms with E-state index in [0.29, 0.717) is 5.02 Å². The Balaban J connectivity index is 1.96. The second-order valence-corrected chi connectivity index (χ2v) is 5.61. The Hall–Kier alpha value is -2.07. The molecule has 21 heavy (non-hydrogen) atoms. The summed E-state index contributed by atoms with van der Waals surface area (Å²) < 4.78 is 1.88. The van der Waals surface area contributed by atoms with Gasteiger partial charge in [0.1, 0.15) is 0 Å². The van der Waals surface area contributed by atoms with E-state index in [1.54, 1.807) is 0 Å². The lowest BCUT2D eigenvalue weighted by molar-refractivity contribution is 0.798. The number of nitrogens with one attached hydrogen (secondary N) is 1. The molecule has 0 amide bonds. The highest BCUT2D eigenvalue weighted by molar-refractivity contribution is 6.33. The fraction of sp³-hybridized carbons (Fsp3) is 0.250. The van der Waals surface area contributed by atoms with Crippen LogP contribution < -0.4 is 5.32 Å². The van der Waals surface area contributed by atoms with Gasteiger partial charge in [-0.2, -0.15) is 5.10 Å². The summed E-state index contributed by atoms with van der Waals surface area (Å²) in [7, 11) is 0. The van der Waals surface area contributed by atoms with E-state index in [1.165, 1.54) is 0 Å². The predicted octanol–water partition coefficient (Wildman–Crippen LogP) is 4.17. The van der Waals surface area contributed by atoms with Crippen LogP contribution in [0.25, 0.3) is 5.65 Å². The number of fused-ring (bicyclic) bond motifs is 1. The third kappa shape index (κ3) is 2.59. The van der Waals surface area contributed by atoms with Gasteiger partial charge in [-0.15, -0.1) is 0 Å². The summed E-state index contributed by atoms with van der Waals surface area (Å²) in [4.78, 5) is 4.48. The standard InChI is InChI=1S/C16H17ClN4/c1-10-8-16-18-9-13(12(3)21(16)20-10)11(2)19-15-7-5-4-6-14(15)17/h4-9,11,19H,1-3H3. The van der Waals surface area contributed by atoms with Gasteiger partial charge in [0.15, 0.2) is 5.65 Å². The fourth-order valence-corrected chi connectivity index (χ4v) is 2.68. The molecule has 0 spiro atoms. The number of anilines is 1. The van der Waals surface area contributed by atoms with Crippen molar-refractivity contribution in [1.82, 2.24) is 14.6 Å². The van der Waals surface area contributed by atoms with E-state index in [2.05, 4.69) is 29.2 Å². The Morgan fingerprint density at radius 2 is 2.00 bits per heavy atom. The Kier molecular flexibility index (Phi) is 3.55. The van der Waals surface area contributed by atoms with Gasteiger partial charge < -0.3 is 5.32 Å². The normalized spacial score (nSPS) is 12.6. The van der Waals surface area contributed by atoms with Crippen molar-refractivity contribution in [2.24, 2.45) is 0 Å². The molecule has 0 aliphatic rings. The number of nitrogens with zero attached hydrogens (tertiary/aromatic N) is 3. The number of aromatic nitrogens is 3. The van der Waals surface area contributed by atoms with Crippen LogP contribution in [-0.2, 0) is 0 Å². The number of aryl methyl sites for hydroxylation is 2. The number of benzene rings is 1. The first kappa shape index (κ1) is 13.9. The van der Waals surface area contributed by atoms with Crippen molar-refractivity contribution < 1.29 is 0 Å². The molecular weight excluding hydrogens is 284 g/mol. The summed E-state index contributed by atoms with van der Waals surface area (Å²) in [5.74, 6) is 0. The van der Waals surface area contributed by atoms with E-state index in [9.17, 15) is 0 Å². The third-order valence-electron chi connectivity index (χ3n) is 3.60. The lowest BCUT2D eigenvalue weighted by atomic mass is 10.1. The molecule has 108 valence electrons. The maximum Gasteiger partial charge on any atom is 0.155 e. The van der Waals surface area contributed by atoms with Crippen molar-refractivity contribution in [3.8, 4) is 0 Å². The molecule has 3 rings (SSSR count). The molecule has 1 atom stereocenters. The van der Waals surface area contributed by atoms with Crippen molar-refractivity contribution >= 4 is 22.9 Å². The van der Waals surface area contributed by atoms with E-state index in [-0.39, 0.29) is 6.04 Å². The SMILES string of the molecule is Cc1cc2ncc(C(C)Nc3ccccc3Cl)c(C)n2n1. The molecule has 0 saturated heterocycles. The molecule has 1 aromatic carbocycles. The van der Waals surface area contributed by atoms with Crippen LogP contribution >= 0.6 is 11.6 Å². The predicted molar refractivity (Wildman–Crippen MR) is 86.0 cm³/mol. The largest absolute Gasteiger partial charge is 0.377 e. The molecule has 0 saturated carbocycles. The minimum Gasteiger partial charge on any atom is -0.377 e.